The maximum absolute atomic E-state index is 5.97. The van der Waals surface area contributed by atoms with E-state index in [9.17, 15) is 0 Å². The van der Waals surface area contributed by atoms with E-state index in [-0.39, 0.29) is 6.04 Å². The highest BCUT2D eigenvalue weighted by molar-refractivity contribution is 5.31. The van der Waals surface area contributed by atoms with E-state index in [2.05, 4.69) is 0 Å². The molecular weight excluding hydrogens is 230 g/mol. The minimum absolute atomic E-state index is 0.263. The third-order valence-electron chi connectivity index (χ3n) is 2.62. The Labute approximate surface area is 106 Å². The third kappa shape index (κ3) is 3.05. The second-order valence-electron chi connectivity index (χ2n) is 4.04. The maximum Gasteiger partial charge on any atom is 0.124 e. The van der Waals surface area contributed by atoms with E-state index in [1.165, 1.54) is 0 Å². The number of ether oxygens (including phenoxy) is 2. The van der Waals surface area contributed by atoms with Gasteiger partial charge in [0, 0.05) is 0 Å². The Hall–Kier alpha value is -1.94. The molecule has 0 fully saturated rings. The first-order valence-electron chi connectivity index (χ1n) is 5.78. The number of benzene rings is 1. The van der Waals surface area contributed by atoms with Crippen LogP contribution in [-0.2, 0) is 0 Å². The molecular formula is C14H17NO3. The molecule has 1 atom stereocenters. The summed E-state index contributed by atoms with van der Waals surface area (Å²) in [4.78, 5) is 0. The fourth-order valence-electron chi connectivity index (χ4n) is 1.59. The molecule has 0 aliphatic heterocycles. The van der Waals surface area contributed by atoms with E-state index in [1.54, 1.807) is 7.11 Å². The highest BCUT2D eigenvalue weighted by Gasteiger charge is 2.10. The fraction of sp³-hybridized carbons (Fsp3) is 0.286. The van der Waals surface area contributed by atoms with Gasteiger partial charge in [-0.2, -0.15) is 0 Å². The molecule has 0 saturated carbocycles. The molecule has 0 aliphatic rings. The molecule has 0 radical (unpaired) electrons. The van der Waals surface area contributed by atoms with Gasteiger partial charge in [-0.25, -0.2) is 0 Å². The fourth-order valence-corrected chi connectivity index (χ4v) is 1.59. The second kappa shape index (κ2) is 5.60. The highest BCUT2D eigenvalue weighted by Crippen LogP contribution is 2.19. The van der Waals surface area contributed by atoms with Crippen LogP contribution < -0.4 is 15.2 Å². The van der Waals surface area contributed by atoms with Crippen molar-refractivity contribution in [2.75, 3.05) is 13.7 Å². The van der Waals surface area contributed by atoms with E-state index < -0.39 is 0 Å². The zero-order valence-electron chi connectivity index (χ0n) is 10.6. The molecule has 2 aromatic rings. The number of hydrogen-bond acceptors (Lipinski definition) is 4. The van der Waals surface area contributed by atoms with Crippen molar-refractivity contribution in [3.63, 3.8) is 0 Å². The molecule has 0 amide bonds. The first-order chi connectivity index (χ1) is 8.69. The van der Waals surface area contributed by atoms with Crippen LogP contribution in [0, 0.1) is 6.92 Å². The Kier molecular flexibility index (Phi) is 3.89. The van der Waals surface area contributed by atoms with Gasteiger partial charge in [0.25, 0.3) is 0 Å². The van der Waals surface area contributed by atoms with E-state index >= 15 is 0 Å². The Bertz CT molecular complexity index is 490. The van der Waals surface area contributed by atoms with Gasteiger partial charge in [-0.3, -0.25) is 0 Å². The van der Waals surface area contributed by atoms with Gasteiger partial charge in [0.05, 0.1) is 13.2 Å². The predicted octanol–water partition coefficient (Wildman–Crippen LogP) is 2.68. The van der Waals surface area contributed by atoms with Crippen LogP contribution in [0.5, 0.6) is 11.5 Å². The van der Waals surface area contributed by atoms with Crippen molar-refractivity contribution in [2.24, 2.45) is 5.73 Å². The standard InChI is InChI=1S/C14H17NO3/c1-10-3-8-14(18-10)13(15)9-17-12-6-4-11(16-2)5-7-12/h3-8,13H,9,15H2,1-2H3. The predicted molar refractivity (Wildman–Crippen MR) is 68.9 cm³/mol. The van der Waals surface area contributed by atoms with Crippen LogP contribution in [0.3, 0.4) is 0 Å². The van der Waals surface area contributed by atoms with Crippen molar-refractivity contribution >= 4 is 0 Å². The first-order valence-corrected chi connectivity index (χ1v) is 5.78. The van der Waals surface area contributed by atoms with Crippen molar-refractivity contribution in [1.29, 1.82) is 0 Å². The molecule has 4 heteroatoms. The maximum atomic E-state index is 5.97. The summed E-state index contributed by atoms with van der Waals surface area (Å²) >= 11 is 0. The number of nitrogens with two attached hydrogens (primary N) is 1. The summed E-state index contributed by atoms with van der Waals surface area (Å²) in [7, 11) is 1.63. The normalized spacial score (nSPS) is 12.2. The average molecular weight is 247 g/mol. The zero-order valence-corrected chi connectivity index (χ0v) is 10.6. The summed E-state index contributed by atoms with van der Waals surface area (Å²) in [5, 5.41) is 0. The number of rotatable bonds is 5. The summed E-state index contributed by atoms with van der Waals surface area (Å²) < 4.78 is 16.1. The van der Waals surface area contributed by atoms with Gasteiger partial charge in [-0.05, 0) is 43.3 Å². The van der Waals surface area contributed by atoms with Crippen LogP contribution >= 0.6 is 0 Å². The van der Waals surface area contributed by atoms with Crippen molar-refractivity contribution in [3.8, 4) is 11.5 Å². The molecule has 0 bridgehead atoms. The molecule has 18 heavy (non-hydrogen) atoms. The van der Waals surface area contributed by atoms with Crippen LogP contribution in [0.4, 0.5) is 0 Å². The topological polar surface area (TPSA) is 57.6 Å². The molecule has 1 aromatic carbocycles. The van der Waals surface area contributed by atoms with E-state index in [4.69, 9.17) is 19.6 Å². The largest absolute Gasteiger partial charge is 0.497 e. The summed E-state index contributed by atoms with van der Waals surface area (Å²) in [6.45, 7) is 2.26. The SMILES string of the molecule is COc1ccc(OCC(N)c2ccc(C)o2)cc1. The van der Waals surface area contributed by atoms with E-state index in [0.717, 1.165) is 23.0 Å². The molecule has 0 aliphatic carbocycles. The quantitative estimate of drug-likeness (QED) is 0.882. The molecule has 2 N–H and O–H groups in total. The first kappa shape index (κ1) is 12.5. The van der Waals surface area contributed by atoms with Gasteiger partial charge < -0.3 is 19.6 Å². The van der Waals surface area contributed by atoms with Gasteiger partial charge in [0.15, 0.2) is 0 Å². The van der Waals surface area contributed by atoms with Gasteiger partial charge in [-0.1, -0.05) is 0 Å². The van der Waals surface area contributed by atoms with Crippen LogP contribution in [0.15, 0.2) is 40.8 Å². The van der Waals surface area contributed by atoms with Crippen molar-refractivity contribution < 1.29 is 13.9 Å². The number of hydrogen-bond donors (Lipinski definition) is 1. The number of methoxy groups -OCH3 is 1. The molecule has 1 unspecified atom stereocenters. The lowest BCUT2D eigenvalue weighted by molar-refractivity contribution is 0.271. The Morgan fingerprint density at radius 2 is 1.78 bits per heavy atom. The lowest BCUT2D eigenvalue weighted by Gasteiger charge is -2.11. The van der Waals surface area contributed by atoms with Crippen molar-refractivity contribution in [1.82, 2.24) is 0 Å². The highest BCUT2D eigenvalue weighted by atomic mass is 16.5. The second-order valence-corrected chi connectivity index (χ2v) is 4.04. The Balaban J connectivity index is 1.90. The van der Waals surface area contributed by atoms with Crippen LogP contribution in [0.2, 0.25) is 0 Å². The van der Waals surface area contributed by atoms with Gasteiger partial charge in [-0.15, -0.1) is 0 Å². The molecule has 2 rings (SSSR count). The van der Waals surface area contributed by atoms with Crippen LogP contribution in [0.25, 0.3) is 0 Å². The molecule has 0 saturated heterocycles. The monoisotopic (exact) mass is 247 g/mol. The Morgan fingerprint density at radius 1 is 1.11 bits per heavy atom. The Morgan fingerprint density at radius 3 is 2.33 bits per heavy atom. The molecule has 0 spiro atoms. The number of aryl methyl sites for hydroxylation is 1. The summed E-state index contributed by atoms with van der Waals surface area (Å²) in [5.41, 5.74) is 5.97. The molecule has 96 valence electrons. The van der Waals surface area contributed by atoms with Crippen molar-refractivity contribution in [2.45, 2.75) is 13.0 Å². The zero-order chi connectivity index (χ0) is 13.0. The minimum Gasteiger partial charge on any atom is -0.497 e. The lowest BCUT2D eigenvalue weighted by atomic mass is 10.2. The van der Waals surface area contributed by atoms with Crippen LogP contribution in [0.1, 0.15) is 17.6 Å². The van der Waals surface area contributed by atoms with Gasteiger partial charge >= 0.3 is 0 Å². The van der Waals surface area contributed by atoms with Crippen molar-refractivity contribution in [3.05, 3.63) is 47.9 Å². The summed E-state index contributed by atoms with van der Waals surface area (Å²) in [5.74, 6) is 3.15. The van der Waals surface area contributed by atoms with Gasteiger partial charge in [0.1, 0.15) is 29.6 Å². The molecule has 1 aromatic heterocycles. The minimum atomic E-state index is -0.263. The van der Waals surface area contributed by atoms with E-state index in [1.807, 2.05) is 43.3 Å². The molecule has 1 heterocycles. The smallest absolute Gasteiger partial charge is 0.124 e. The summed E-state index contributed by atoms with van der Waals surface area (Å²) in [6, 6.07) is 10.9. The number of furan rings is 1. The van der Waals surface area contributed by atoms with Crippen LogP contribution in [-0.4, -0.2) is 13.7 Å². The van der Waals surface area contributed by atoms with Gasteiger partial charge in [0.2, 0.25) is 0 Å². The average Bonchev–Trinajstić information content (AvgIpc) is 2.83. The molecule has 4 nitrogen and oxygen atoms in total. The van der Waals surface area contributed by atoms with E-state index in [0.29, 0.717) is 6.61 Å². The lowest BCUT2D eigenvalue weighted by Crippen LogP contribution is -2.18. The summed E-state index contributed by atoms with van der Waals surface area (Å²) in [6.07, 6.45) is 0. The third-order valence-corrected chi connectivity index (χ3v) is 2.62.